The van der Waals surface area contributed by atoms with Crippen LogP contribution in [0, 0.1) is 5.92 Å². The third-order valence-corrected chi connectivity index (χ3v) is 5.26. The van der Waals surface area contributed by atoms with Crippen LogP contribution in [-0.4, -0.2) is 42.0 Å². The lowest BCUT2D eigenvalue weighted by atomic mass is 9.95. The molecule has 2 aromatic rings. The van der Waals surface area contributed by atoms with Crippen molar-refractivity contribution >= 4 is 5.96 Å². The highest BCUT2D eigenvalue weighted by molar-refractivity contribution is 5.79. The minimum atomic E-state index is 0.465. The van der Waals surface area contributed by atoms with Crippen LogP contribution >= 0.6 is 0 Å². The van der Waals surface area contributed by atoms with E-state index in [0.717, 1.165) is 37.7 Å². The Labute approximate surface area is 162 Å². The Kier molecular flexibility index (Phi) is 6.82. The zero-order valence-electron chi connectivity index (χ0n) is 16.7. The van der Waals surface area contributed by atoms with E-state index in [-0.39, 0.29) is 0 Å². The number of nitrogens with one attached hydrogen (secondary N) is 2. The molecule has 1 atom stereocenters. The summed E-state index contributed by atoms with van der Waals surface area (Å²) >= 11 is 0. The first-order chi connectivity index (χ1) is 13.2. The van der Waals surface area contributed by atoms with Crippen LogP contribution in [-0.2, 0) is 19.5 Å². The van der Waals surface area contributed by atoms with Crippen LogP contribution in [0.3, 0.4) is 0 Å². The van der Waals surface area contributed by atoms with Gasteiger partial charge in [0.15, 0.2) is 5.96 Å². The molecule has 3 rings (SSSR count). The fourth-order valence-corrected chi connectivity index (χ4v) is 3.69. The number of aromatic nitrogens is 1. The quantitative estimate of drug-likeness (QED) is 0.611. The summed E-state index contributed by atoms with van der Waals surface area (Å²) in [6, 6.07) is 15.2. The van der Waals surface area contributed by atoms with E-state index >= 15 is 0 Å². The number of benzene rings is 1. The van der Waals surface area contributed by atoms with E-state index in [9.17, 15) is 0 Å². The number of hydrogen-bond donors (Lipinski definition) is 2. The molecule has 1 aliphatic heterocycles. The first-order valence-corrected chi connectivity index (χ1v) is 9.82. The Morgan fingerprint density at radius 3 is 2.59 bits per heavy atom. The highest BCUT2D eigenvalue weighted by atomic mass is 15.2. The van der Waals surface area contributed by atoms with Gasteiger partial charge >= 0.3 is 0 Å². The van der Waals surface area contributed by atoms with Crippen LogP contribution in [0.1, 0.15) is 30.7 Å². The van der Waals surface area contributed by atoms with Crippen molar-refractivity contribution in [2.24, 2.45) is 10.9 Å². The summed E-state index contributed by atoms with van der Waals surface area (Å²) in [6.45, 7) is 8.29. The van der Waals surface area contributed by atoms with Gasteiger partial charge in [-0.3, -0.25) is 14.9 Å². The molecule has 1 aromatic heterocycles. The van der Waals surface area contributed by atoms with E-state index in [2.05, 4.69) is 63.6 Å². The van der Waals surface area contributed by atoms with E-state index in [1.165, 1.54) is 11.1 Å². The normalized spacial score (nSPS) is 16.1. The maximum absolute atomic E-state index is 4.36. The van der Waals surface area contributed by atoms with Gasteiger partial charge in [-0.1, -0.05) is 44.2 Å². The summed E-state index contributed by atoms with van der Waals surface area (Å²) in [6.07, 6.45) is 2.95. The summed E-state index contributed by atoms with van der Waals surface area (Å²) in [7, 11) is 1.81. The third kappa shape index (κ3) is 5.30. The molecule has 144 valence electrons. The van der Waals surface area contributed by atoms with E-state index in [4.69, 9.17) is 0 Å². The molecule has 1 unspecified atom stereocenters. The zero-order chi connectivity index (χ0) is 19.1. The average Bonchev–Trinajstić information content (AvgIpc) is 2.71. The summed E-state index contributed by atoms with van der Waals surface area (Å²) in [5.74, 6) is 1.39. The summed E-state index contributed by atoms with van der Waals surface area (Å²) < 4.78 is 0. The molecule has 1 aromatic carbocycles. The highest BCUT2D eigenvalue weighted by Crippen LogP contribution is 2.22. The Hall–Kier alpha value is -2.40. The Balaban J connectivity index is 1.56. The molecule has 0 radical (unpaired) electrons. The molecule has 27 heavy (non-hydrogen) atoms. The number of guanidine groups is 1. The fraction of sp³-hybridized carbons (Fsp3) is 0.455. The van der Waals surface area contributed by atoms with Crippen molar-refractivity contribution in [3.63, 3.8) is 0 Å². The van der Waals surface area contributed by atoms with Crippen LogP contribution < -0.4 is 10.6 Å². The number of rotatable bonds is 6. The topological polar surface area (TPSA) is 52.6 Å². The predicted molar refractivity (Wildman–Crippen MR) is 112 cm³/mol. The Morgan fingerprint density at radius 2 is 1.89 bits per heavy atom. The molecule has 0 aliphatic carbocycles. The lowest BCUT2D eigenvalue weighted by Gasteiger charge is -2.38. The van der Waals surface area contributed by atoms with Gasteiger partial charge in [0, 0.05) is 38.9 Å². The lowest BCUT2D eigenvalue weighted by Crippen LogP contribution is -2.50. The van der Waals surface area contributed by atoms with Gasteiger partial charge in [-0.25, -0.2) is 0 Å². The molecular weight excluding hydrogens is 334 g/mol. The number of nitrogens with zero attached hydrogens (tertiary/aromatic N) is 3. The van der Waals surface area contributed by atoms with Crippen molar-refractivity contribution in [2.75, 3.05) is 20.1 Å². The maximum Gasteiger partial charge on any atom is 0.191 e. The van der Waals surface area contributed by atoms with E-state index in [1.54, 1.807) is 0 Å². The molecule has 2 heterocycles. The van der Waals surface area contributed by atoms with E-state index < -0.39 is 0 Å². The van der Waals surface area contributed by atoms with E-state index in [0.29, 0.717) is 18.5 Å². The number of fused-ring (bicyclic) bond motifs is 1. The molecule has 5 nitrogen and oxygen atoms in total. The monoisotopic (exact) mass is 365 g/mol. The number of aliphatic imine (C=N–C) groups is 1. The molecule has 0 amide bonds. The van der Waals surface area contributed by atoms with Crippen molar-refractivity contribution in [1.82, 2.24) is 20.5 Å². The number of hydrogen-bond acceptors (Lipinski definition) is 3. The highest BCUT2D eigenvalue weighted by Gasteiger charge is 2.25. The molecule has 0 spiro atoms. The molecule has 1 aliphatic rings. The second-order valence-electron chi connectivity index (χ2n) is 7.43. The molecule has 0 saturated carbocycles. The minimum Gasteiger partial charge on any atom is -0.355 e. The van der Waals surface area contributed by atoms with Crippen LogP contribution in [0.25, 0.3) is 0 Å². The number of pyridine rings is 1. The van der Waals surface area contributed by atoms with Gasteiger partial charge in [0.2, 0.25) is 0 Å². The van der Waals surface area contributed by atoms with Gasteiger partial charge in [-0.2, -0.15) is 0 Å². The average molecular weight is 366 g/mol. The van der Waals surface area contributed by atoms with Gasteiger partial charge in [0.05, 0.1) is 12.2 Å². The molecule has 0 bridgehead atoms. The second kappa shape index (κ2) is 9.51. The smallest absolute Gasteiger partial charge is 0.191 e. The van der Waals surface area contributed by atoms with Gasteiger partial charge in [0.1, 0.15) is 0 Å². The first kappa shape index (κ1) is 19.4. The third-order valence-electron chi connectivity index (χ3n) is 5.26. The molecule has 5 heteroatoms. The van der Waals surface area contributed by atoms with Gasteiger partial charge in [-0.15, -0.1) is 0 Å². The van der Waals surface area contributed by atoms with Crippen molar-refractivity contribution < 1.29 is 0 Å². The van der Waals surface area contributed by atoms with Gasteiger partial charge in [0.25, 0.3) is 0 Å². The molecular formula is C22H31N5. The fourth-order valence-electron chi connectivity index (χ4n) is 3.69. The second-order valence-corrected chi connectivity index (χ2v) is 7.43. The van der Waals surface area contributed by atoms with Crippen LogP contribution in [0.4, 0.5) is 0 Å². The lowest BCUT2D eigenvalue weighted by molar-refractivity contribution is 0.140. The maximum atomic E-state index is 4.36. The van der Waals surface area contributed by atoms with E-state index in [1.807, 2.05) is 31.4 Å². The predicted octanol–water partition coefficient (Wildman–Crippen LogP) is 2.83. The SMILES string of the molecule is CN=C(NCc1ccccn1)NCC(C(C)C)N1CCc2ccccc2C1. The van der Waals surface area contributed by atoms with Crippen molar-refractivity contribution in [3.05, 3.63) is 65.5 Å². The van der Waals surface area contributed by atoms with Crippen LogP contribution in [0.15, 0.2) is 53.7 Å². The van der Waals surface area contributed by atoms with Crippen molar-refractivity contribution in [3.8, 4) is 0 Å². The molecule has 2 N–H and O–H groups in total. The molecule has 0 fully saturated rings. The molecule has 0 saturated heterocycles. The Bertz CT molecular complexity index is 741. The Morgan fingerprint density at radius 1 is 1.11 bits per heavy atom. The van der Waals surface area contributed by atoms with Crippen LogP contribution in [0.5, 0.6) is 0 Å². The largest absolute Gasteiger partial charge is 0.355 e. The van der Waals surface area contributed by atoms with Crippen LogP contribution in [0.2, 0.25) is 0 Å². The first-order valence-electron chi connectivity index (χ1n) is 9.82. The standard InChI is InChI=1S/C22H31N5/c1-17(2)21(27-13-11-18-8-4-5-9-19(18)16-27)15-26-22(23-3)25-14-20-10-6-7-12-24-20/h4-10,12,17,21H,11,13-16H2,1-3H3,(H2,23,25,26). The van der Waals surface area contributed by atoms with Gasteiger partial charge in [-0.05, 0) is 35.6 Å². The van der Waals surface area contributed by atoms with Gasteiger partial charge < -0.3 is 10.6 Å². The van der Waals surface area contributed by atoms with Crippen molar-refractivity contribution in [1.29, 1.82) is 0 Å². The summed E-state index contributed by atoms with van der Waals surface area (Å²) in [5.41, 5.74) is 3.97. The summed E-state index contributed by atoms with van der Waals surface area (Å²) in [5, 5.41) is 6.87. The summed E-state index contributed by atoms with van der Waals surface area (Å²) in [4.78, 5) is 11.3. The zero-order valence-corrected chi connectivity index (χ0v) is 16.7. The minimum absolute atomic E-state index is 0.465. The van der Waals surface area contributed by atoms with Crippen molar-refractivity contribution in [2.45, 2.75) is 39.4 Å².